The number of aliphatic imine (C=N–C) groups is 1. The molecule has 2 saturated carbocycles. The molecule has 11 nitrogen and oxygen atoms in total. The summed E-state index contributed by atoms with van der Waals surface area (Å²) in [6, 6.07) is 8.68. The van der Waals surface area contributed by atoms with Gasteiger partial charge in [-0.05, 0) is 68.0 Å². The van der Waals surface area contributed by atoms with Gasteiger partial charge in [-0.3, -0.25) is 15.2 Å². The van der Waals surface area contributed by atoms with Crippen molar-refractivity contribution in [1.82, 2.24) is 9.88 Å². The number of phenols is 1. The zero-order valence-corrected chi connectivity index (χ0v) is 23.8. The Morgan fingerprint density at radius 2 is 1.98 bits per heavy atom. The molecule has 3 atom stereocenters. The second-order valence-electron chi connectivity index (χ2n) is 11.5. The number of nitrogens with two attached hydrogens (primary N) is 1. The molecule has 3 unspecified atom stereocenters. The van der Waals surface area contributed by atoms with E-state index in [1.54, 1.807) is 12.1 Å². The van der Waals surface area contributed by atoms with E-state index in [-0.39, 0.29) is 34.6 Å². The van der Waals surface area contributed by atoms with Crippen molar-refractivity contribution in [3.05, 3.63) is 65.4 Å². The summed E-state index contributed by atoms with van der Waals surface area (Å²) >= 11 is 0. The molecule has 1 aliphatic heterocycles. The highest BCUT2D eigenvalue weighted by atomic mass is 19.1. The van der Waals surface area contributed by atoms with Gasteiger partial charge < -0.3 is 35.1 Å². The maximum absolute atomic E-state index is 15.7. The fourth-order valence-corrected chi connectivity index (χ4v) is 6.33. The summed E-state index contributed by atoms with van der Waals surface area (Å²) in [4.78, 5) is 21.9. The van der Waals surface area contributed by atoms with Crippen LogP contribution in [0.5, 0.6) is 34.6 Å². The van der Waals surface area contributed by atoms with Crippen LogP contribution < -0.4 is 19.9 Å². The van der Waals surface area contributed by atoms with E-state index in [9.17, 15) is 19.4 Å². The lowest BCUT2D eigenvalue weighted by Crippen LogP contribution is -2.40. The number of amidine groups is 2. The molecule has 0 spiro atoms. The number of carboxylic acid groups (broad SMARTS) is 1. The predicted molar refractivity (Wildman–Crippen MR) is 155 cm³/mol. The summed E-state index contributed by atoms with van der Waals surface area (Å²) < 4.78 is 48.4. The molecule has 13 heteroatoms. The summed E-state index contributed by atoms with van der Waals surface area (Å²) in [6.45, 7) is 1.14. The third kappa shape index (κ3) is 5.56. The van der Waals surface area contributed by atoms with Crippen molar-refractivity contribution in [2.45, 2.75) is 37.7 Å². The second-order valence-corrected chi connectivity index (χ2v) is 11.5. The smallest absolute Gasteiger partial charge is 0.306 e. The van der Waals surface area contributed by atoms with Gasteiger partial charge in [0.05, 0.1) is 24.2 Å². The number of nitrogens with zero attached hydrogens (tertiary/aromatic N) is 3. The van der Waals surface area contributed by atoms with E-state index in [1.165, 1.54) is 24.3 Å². The number of fused-ring (bicyclic) bond motifs is 2. The highest BCUT2D eigenvalue weighted by Crippen LogP contribution is 2.50. The van der Waals surface area contributed by atoms with Crippen LogP contribution in [0.15, 0.2) is 47.6 Å². The molecule has 2 fully saturated rings. The molecule has 3 aromatic rings. The van der Waals surface area contributed by atoms with Gasteiger partial charge in [-0.2, -0.15) is 4.39 Å². The van der Waals surface area contributed by atoms with Gasteiger partial charge in [0, 0.05) is 25.6 Å². The average molecular weight is 608 g/mol. The maximum atomic E-state index is 15.7. The number of likely N-dealkylation sites (N-methyl/N-ethyl adjacent to an activating group) is 1. The van der Waals surface area contributed by atoms with E-state index < -0.39 is 40.8 Å². The Morgan fingerprint density at radius 3 is 2.70 bits per heavy atom. The molecule has 230 valence electrons. The first kappa shape index (κ1) is 29.1. The van der Waals surface area contributed by atoms with Crippen molar-refractivity contribution in [3.63, 3.8) is 0 Å². The number of ether oxygens (including phenoxy) is 3. The van der Waals surface area contributed by atoms with Gasteiger partial charge >= 0.3 is 5.97 Å². The van der Waals surface area contributed by atoms with E-state index in [0.29, 0.717) is 43.1 Å². The highest BCUT2D eigenvalue weighted by Gasteiger charge is 2.49. The summed E-state index contributed by atoms with van der Waals surface area (Å²) in [5, 5.41) is 27.4. The van der Waals surface area contributed by atoms with E-state index in [1.807, 2.05) is 11.9 Å². The number of hydrogen-bond acceptors (Lipinski definition) is 9. The first-order valence-corrected chi connectivity index (χ1v) is 14.2. The van der Waals surface area contributed by atoms with Gasteiger partial charge in [-0.25, -0.2) is 9.37 Å². The zero-order valence-electron chi connectivity index (χ0n) is 23.8. The molecule has 0 saturated heterocycles. The van der Waals surface area contributed by atoms with Crippen molar-refractivity contribution in [2.24, 2.45) is 22.6 Å². The lowest BCUT2D eigenvalue weighted by atomic mass is 9.78. The monoisotopic (exact) mass is 607 g/mol. The molecule has 1 aromatic heterocycles. The number of aromatic hydroxyl groups is 1. The number of rotatable bonds is 9. The van der Waals surface area contributed by atoms with Gasteiger partial charge in [0.15, 0.2) is 17.3 Å². The van der Waals surface area contributed by atoms with Crippen LogP contribution in [0.1, 0.15) is 43.2 Å². The number of carbonyl (C=O) groups is 1. The van der Waals surface area contributed by atoms with Gasteiger partial charge in [0.1, 0.15) is 28.8 Å². The molecule has 6 rings (SSSR count). The normalized spacial score (nSPS) is 22.4. The average Bonchev–Trinajstić information content (AvgIpc) is 3.54. The number of aromatic nitrogens is 1. The number of phenolic OH excluding ortho intramolecular Hbond substituents is 1. The minimum absolute atomic E-state index is 0.0927. The minimum Gasteiger partial charge on any atom is -0.504 e. The number of benzene rings is 2. The van der Waals surface area contributed by atoms with Crippen molar-refractivity contribution in [3.8, 4) is 34.6 Å². The molecule has 2 bridgehead atoms. The standard InChI is InChI=1S/C31H31F2N5O6/c1-38-9-8-36-28(38)20-12-19(44-31-7-6-16(13-31)10-18(14-31)30(40)41)3-5-23(20)42-26-21(32)15-37-29(25(26)33)43-24-11-17(27(34)35)2-4-22(24)39/h2-5,11-12,15-16,18,39H,6-10,13-14H2,1H3,(H3,34,35)(H,40,41). The molecular formula is C31H31F2N5O6. The molecule has 2 aromatic carbocycles. The van der Waals surface area contributed by atoms with Gasteiger partial charge in [-0.1, -0.05) is 0 Å². The molecule has 44 heavy (non-hydrogen) atoms. The molecule has 2 aliphatic carbocycles. The van der Waals surface area contributed by atoms with Gasteiger partial charge in [0.2, 0.25) is 11.6 Å². The first-order valence-electron chi connectivity index (χ1n) is 14.2. The highest BCUT2D eigenvalue weighted by molar-refractivity contribution is 6.02. The number of hydrogen-bond donors (Lipinski definition) is 4. The molecular weight excluding hydrogens is 576 g/mol. The molecule has 2 heterocycles. The van der Waals surface area contributed by atoms with Crippen molar-refractivity contribution in [2.75, 3.05) is 20.1 Å². The lowest BCUT2D eigenvalue weighted by molar-refractivity contribution is -0.145. The van der Waals surface area contributed by atoms with Gasteiger partial charge in [-0.15, -0.1) is 0 Å². The Hall–Kier alpha value is -4.94. The molecule has 5 N–H and O–H groups in total. The lowest BCUT2D eigenvalue weighted by Gasteiger charge is -2.37. The Bertz CT molecular complexity index is 1680. The number of nitrogen functional groups attached to an aromatic ring is 1. The van der Waals surface area contributed by atoms with Crippen molar-refractivity contribution in [1.29, 1.82) is 5.41 Å². The van der Waals surface area contributed by atoms with Crippen LogP contribution in [0.3, 0.4) is 0 Å². The Labute approximate surface area is 251 Å². The van der Waals surface area contributed by atoms with Crippen molar-refractivity contribution >= 4 is 17.6 Å². The fraction of sp³-hybridized carbons (Fsp3) is 0.355. The Balaban J connectivity index is 1.32. The summed E-state index contributed by atoms with van der Waals surface area (Å²) in [5.41, 5.74) is 5.55. The zero-order chi connectivity index (χ0) is 31.2. The summed E-state index contributed by atoms with van der Waals surface area (Å²) in [6.07, 6.45) is 4.21. The largest absolute Gasteiger partial charge is 0.504 e. The van der Waals surface area contributed by atoms with E-state index in [0.717, 1.165) is 25.5 Å². The van der Waals surface area contributed by atoms with Crippen LogP contribution in [0, 0.1) is 28.9 Å². The van der Waals surface area contributed by atoms with Crippen LogP contribution in [-0.2, 0) is 4.79 Å². The Morgan fingerprint density at radius 1 is 1.16 bits per heavy atom. The second kappa shape index (κ2) is 11.3. The topological polar surface area (TPSA) is 164 Å². The van der Waals surface area contributed by atoms with Crippen LogP contribution in [0.4, 0.5) is 8.78 Å². The first-order chi connectivity index (χ1) is 21.0. The van der Waals surface area contributed by atoms with Crippen LogP contribution in [0.25, 0.3) is 0 Å². The Kier molecular flexibility index (Phi) is 7.48. The van der Waals surface area contributed by atoms with Crippen LogP contribution >= 0.6 is 0 Å². The van der Waals surface area contributed by atoms with E-state index >= 15 is 4.39 Å². The molecule has 3 aliphatic rings. The third-order valence-corrected chi connectivity index (χ3v) is 8.43. The minimum atomic E-state index is -1.26. The predicted octanol–water partition coefficient (Wildman–Crippen LogP) is 5.04. The molecule has 0 radical (unpaired) electrons. The van der Waals surface area contributed by atoms with Gasteiger partial charge in [0.25, 0.3) is 5.88 Å². The maximum Gasteiger partial charge on any atom is 0.306 e. The number of carboxylic acids is 1. The van der Waals surface area contributed by atoms with Crippen LogP contribution in [-0.4, -0.2) is 63.5 Å². The quantitative estimate of drug-likeness (QED) is 0.193. The number of pyridine rings is 1. The summed E-state index contributed by atoms with van der Waals surface area (Å²) in [5.74, 6) is -4.62. The van der Waals surface area contributed by atoms with E-state index in [2.05, 4.69) is 9.98 Å². The summed E-state index contributed by atoms with van der Waals surface area (Å²) in [7, 11) is 1.84. The van der Waals surface area contributed by atoms with Crippen molar-refractivity contribution < 1.29 is 38.0 Å². The van der Waals surface area contributed by atoms with E-state index in [4.69, 9.17) is 25.4 Å². The number of nitrogens with one attached hydrogen (secondary N) is 1. The third-order valence-electron chi connectivity index (χ3n) is 8.43. The number of halogens is 2. The SMILES string of the molecule is CN1CCN=C1c1cc(OC23CCC(CC(C(=O)O)C2)C3)ccc1Oc1c(F)cnc(Oc2cc(C(=N)N)ccc2O)c1F. The van der Waals surface area contributed by atoms with Crippen LogP contribution in [0.2, 0.25) is 0 Å². The fourth-order valence-electron chi connectivity index (χ4n) is 6.33. The number of aliphatic carboxylic acids is 1. The molecule has 0 amide bonds.